The highest BCUT2D eigenvalue weighted by Gasteiger charge is 2.20. The van der Waals surface area contributed by atoms with Crippen molar-refractivity contribution in [3.05, 3.63) is 44.7 Å². The Labute approximate surface area is 140 Å². The van der Waals surface area contributed by atoms with E-state index in [1.807, 2.05) is 13.8 Å². The highest BCUT2D eigenvalue weighted by atomic mass is 79.9. The lowest BCUT2D eigenvalue weighted by Gasteiger charge is -2.16. The van der Waals surface area contributed by atoms with Crippen LogP contribution in [0.2, 0.25) is 0 Å². The molecule has 2 rings (SSSR count). The van der Waals surface area contributed by atoms with E-state index in [1.165, 1.54) is 0 Å². The van der Waals surface area contributed by atoms with Crippen LogP contribution in [0.4, 0.5) is 0 Å². The van der Waals surface area contributed by atoms with E-state index in [-0.39, 0.29) is 0 Å². The van der Waals surface area contributed by atoms with Gasteiger partial charge >= 0.3 is 0 Å². The number of furan rings is 1. The summed E-state index contributed by atoms with van der Waals surface area (Å²) in [5.41, 5.74) is 0.656. The summed E-state index contributed by atoms with van der Waals surface area (Å²) in [6.45, 7) is 4.87. The van der Waals surface area contributed by atoms with Crippen LogP contribution in [0.15, 0.2) is 37.8 Å². The molecule has 0 aliphatic rings. The molecule has 1 atom stereocenters. The number of rotatable bonds is 6. The SMILES string of the molecule is CCOc1cc(Br)c(C(O)c2ccc(Br)o2)cc1OCC. The normalized spacial score (nSPS) is 12.2. The number of hydrogen-bond donors (Lipinski definition) is 1. The van der Waals surface area contributed by atoms with E-state index in [9.17, 15) is 5.11 Å². The first-order valence-corrected chi connectivity index (χ1v) is 8.17. The minimum absolute atomic E-state index is 0.453. The molecule has 0 bridgehead atoms. The minimum atomic E-state index is -0.888. The molecule has 114 valence electrons. The zero-order valence-electron chi connectivity index (χ0n) is 11.7. The number of hydrogen-bond acceptors (Lipinski definition) is 4. The second kappa shape index (κ2) is 7.33. The average Bonchev–Trinajstić information content (AvgIpc) is 2.88. The lowest BCUT2D eigenvalue weighted by atomic mass is 10.1. The zero-order chi connectivity index (χ0) is 15.4. The molecular formula is C15H16Br2O4. The third-order valence-electron chi connectivity index (χ3n) is 2.82. The van der Waals surface area contributed by atoms with Crippen LogP contribution in [0.3, 0.4) is 0 Å². The van der Waals surface area contributed by atoms with Crippen molar-refractivity contribution < 1.29 is 19.0 Å². The van der Waals surface area contributed by atoms with E-state index in [2.05, 4.69) is 31.9 Å². The molecule has 0 saturated heterocycles. The van der Waals surface area contributed by atoms with Crippen LogP contribution in [0, 0.1) is 0 Å². The largest absolute Gasteiger partial charge is 0.490 e. The number of aliphatic hydroxyl groups is 1. The van der Waals surface area contributed by atoms with E-state index in [0.29, 0.717) is 40.7 Å². The maximum absolute atomic E-state index is 10.5. The van der Waals surface area contributed by atoms with Crippen molar-refractivity contribution in [3.8, 4) is 11.5 Å². The lowest BCUT2D eigenvalue weighted by Crippen LogP contribution is -2.03. The second-order valence-electron chi connectivity index (χ2n) is 4.23. The zero-order valence-corrected chi connectivity index (χ0v) is 14.9. The molecule has 1 aromatic carbocycles. The van der Waals surface area contributed by atoms with Crippen molar-refractivity contribution in [3.63, 3.8) is 0 Å². The predicted octanol–water partition coefficient (Wildman–Crippen LogP) is 4.68. The summed E-state index contributed by atoms with van der Waals surface area (Å²) in [5.74, 6) is 1.69. The first-order valence-electron chi connectivity index (χ1n) is 6.59. The predicted molar refractivity (Wildman–Crippen MR) is 86.9 cm³/mol. The van der Waals surface area contributed by atoms with Crippen LogP contribution < -0.4 is 9.47 Å². The van der Waals surface area contributed by atoms with Crippen molar-refractivity contribution in [2.75, 3.05) is 13.2 Å². The Kier molecular flexibility index (Phi) is 5.72. The van der Waals surface area contributed by atoms with Gasteiger partial charge in [0.1, 0.15) is 11.9 Å². The van der Waals surface area contributed by atoms with Crippen LogP contribution in [-0.2, 0) is 0 Å². The van der Waals surface area contributed by atoms with Crippen LogP contribution in [-0.4, -0.2) is 18.3 Å². The Morgan fingerprint density at radius 1 is 1.10 bits per heavy atom. The fraction of sp³-hybridized carbons (Fsp3) is 0.333. The molecule has 0 aliphatic carbocycles. The third kappa shape index (κ3) is 3.81. The fourth-order valence-electron chi connectivity index (χ4n) is 1.93. The van der Waals surface area contributed by atoms with Gasteiger partial charge in [-0.2, -0.15) is 0 Å². The molecule has 0 spiro atoms. The van der Waals surface area contributed by atoms with Crippen molar-refractivity contribution in [2.24, 2.45) is 0 Å². The van der Waals surface area contributed by atoms with Gasteiger partial charge in [0.15, 0.2) is 16.2 Å². The quantitative estimate of drug-likeness (QED) is 0.738. The van der Waals surface area contributed by atoms with Crippen molar-refractivity contribution in [1.82, 2.24) is 0 Å². The number of aliphatic hydroxyl groups excluding tert-OH is 1. The topological polar surface area (TPSA) is 51.8 Å². The van der Waals surface area contributed by atoms with E-state index in [1.54, 1.807) is 24.3 Å². The maximum atomic E-state index is 10.5. The molecule has 2 aromatic rings. The molecule has 6 heteroatoms. The monoisotopic (exact) mass is 418 g/mol. The van der Waals surface area contributed by atoms with E-state index >= 15 is 0 Å². The van der Waals surface area contributed by atoms with Gasteiger partial charge in [0.25, 0.3) is 0 Å². The molecule has 4 nitrogen and oxygen atoms in total. The van der Waals surface area contributed by atoms with Crippen LogP contribution in [0.1, 0.15) is 31.3 Å². The van der Waals surface area contributed by atoms with E-state index in [4.69, 9.17) is 13.9 Å². The Bertz CT molecular complexity index is 610. The van der Waals surface area contributed by atoms with E-state index in [0.717, 1.165) is 4.47 Å². The third-order valence-corrected chi connectivity index (χ3v) is 3.93. The minimum Gasteiger partial charge on any atom is -0.490 e. The first kappa shape index (κ1) is 16.4. The molecule has 1 aromatic heterocycles. The van der Waals surface area contributed by atoms with Crippen molar-refractivity contribution >= 4 is 31.9 Å². The maximum Gasteiger partial charge on any atom is 0.169 e. The summed E-state index contributed by atoms with van der Waals surface area (Å²) in [6, 6.07) is 7.02. The van der Waals surface area contributed by atoms with Crippen LogP contribution >= 0.6 is 31.9 Å². The summed E-state index contributed by atoms with van der Waals surface area (Å²) >= 11 is 6.69. The summed E-state index contributed by atoms with van der Waals surface area (Å²) in [4.78, 5) is 0. The Balaban J connectivity index is 2.40. The van der Waals surface area contributed by atoms with Crippen molar-refractivity contribution in [2.45, 2.75) is 20.0 Å². The average molecular weight is 420 g/mol. The highest BCUT2D eigenvalue weighted by molar-refractivity contribution is 9.10. The van der Waals surface area contributed by atoms with Gasteiger partial charge < -0.3 is 19.0 Å². The summed E-state index contributed by atoms with van der Waals surface area (Å²) in [6.07, 6.45) is -0.888. The highest BCUT2D eigenvalue weighted by Crippen LogP contribution is 2.38. The summed E-state index contributed by atoms with van der Waals surface area (Å²) in [7, 11) is 0. The number of benzene rings is 1. The van der Waals surface area contributed by atoms with Gasteiger partial charge in [-0.15, -0.1) is 0 Å². The van der Waals surface area contributed by atoms with Gasteiger partial charge in [-0.05, 0) is 54.0 Å². The Morgan fingerprint density at radius 2 is 1.71 bits per heavy atom. The Morgan fingerprint density at radius 3 is 2.24 bits per heavy atom. The molecule has 1 unspecified atom stereocenters. The van der Waals surface area contributed by atoms with Gasteiger partial charge in [-0.3, -0.25) is 0 Å². The molecule has 0 amide bonds. The molecule has 0 saturated carbocycles. The first-order chi connectivity index (χ1) is 10.1. The lowest BCUT2D eigenvalue weighted by molar-refractivity contribution is 0.186. The smallest absolute Gasteiger partial charge is 0.169 e. The van der Waals surface area contributed by atoms with Gasteiger partial charge in [0, 0.05) is 10.0 Å². The molecular weight excluding hydrogens is 404 g/mol. The summed E-state index contributed by atoms with van der Waals surface area (Å²) < 4.78 is 17.8. The molecule has 1 N–H and O–H groups in total. The van der Waals surface area contributed by atoms with Gasteiger partial charge in [0.05, 0.1) is 13.2 Å². The fourth-order valence-corrected chi connectivity index (χ4v) is 2.78. The number of halogens is 2. The van der Waals surface area contributed by atoms with Gasteiger partial charge in [-0.1, -0.05) is 15.9 Å². The molecule has 0 radical (unpaired) electrons. The van der Waals surface area contributed by atoms with Gasteiger partial charge in [-0.25, -0.2) is 0 Å². The molecule has 0 fully saturated rings. The van der Waals surface area contributed by atoms with Gasteiger partial charge in [0.2, 0.25) is 0 Å². The second-order valence-corrected chi connectivity index (χ2v) is 5.87. The summed E-state index contributed by atoms with van der Waals surface area (Å²) in [5, 5.41) is 10.5. The van der Waals surface area contributed by atoms with Crippen LogP contribution in [0.5, 0.6) is 11.5 Å². The molecule has 1 heterocycles. The molecule has 0 aliphatic heterocycles. The molecule has 21 heavy (non-hydrogen) atoms. The number of ether oxygens (including phenoxy) is 2. The van der Waals surface area contributed by atoms with E-state index < -0.39 is 6.10 Å². The standard InChI is InChI=1S/C15H16Br2O4/c1-3-19-12-7-9(10(16)8-13(12)20-4-2)15(18)11-5-6-14(17)21-11/h5-8,15,18H,3-4H2,1-2H3. The Hall–Kier alpha value is -0.980. The van der Waals surface area contributed by atoms with Crippen LogP contribution in [0.25, 0.3) is 0 Å². The van der Waals surface area contributed by atoms with Crippen molar-refractivity contribution in [1.29, 1.82) is 0 Å².